The van der Waals surface area contributed by atoms with E-state index in [9.17, 15) is 9.59 Å². The number of Topliss-reactive ketones (excluding diaryl/α,β-unsaturated/α-hetero) is 1. The highest BCUT2D eigenvalue weighted by molar-refractivity contribution is 6.01. The maximum absolute atomic E-state index is 12.3. The van der Waals surface area contributed by atoms with E-state index >= 15 is 0 Å². The van der Waals surface area contributed by atoms with Crippen LogP contribution in [0.3, 0.4) is 0 Å². The Morgan fingerprint density at radius 3 is 1.79 bits per heavy atom. The number of hydrogen-bond donors (Lipinski definition) is 1. The SMILES string of the molecule is C=C(C)C(=O)C(NC(=O)C(C(C)C)N(C)C)C(C)C. The summed E-state index contributed by atoms with van der Waals surface area (Å²) in [7, 11) is 3.74. The van der Waals surface area contributed by atoms with Crippen LogP contribution >= 0.6 is 0 Å². The van der Waals surface area contributed by atoms with Gasteiger partial charge in [0.1, 0.15) is 0 Å². The molecule has 1 amide bonds. The zero-order chi connectivity index (χ0) is 15.3. The molecular weight excluding hydrogens is 240 g/mol. The van der Waals surface area contributed by atoms with Gasteiger partial charge in [-0.25, -0.2) is 0 Å². The molecule has 4 nitrogen and oxygen atoms in total. The third kappa shape index (κ3) is 5.15. The molecule has 0 rings (SSSR count). The average Bonchev–Trinajstić information content (AvgIpc) is 2.23. The van der Waals surface area contributed by atoms with E-state index in [0.717, 1.165) is 0 Å². The van der Waals surface area contributed by atoms with Gasteiger partial charge < -0.3 is 5.32 Å². The first-order chi connectivity index (χ1) is 8.59. The van der Waals surface area contributed by atoms with Crippen molar-refractivity contribution in [2.75, 3.05) is 14.1 Å². The standard InChI is InChI=1S/C15H28N2O2/c1-9(2)12(14(18)11(5)6)16-15(19)13(10(3)4)17(7)8/h9-10,12-13H,5H2,1-4,6-8H3,(H,16,19). The third-order valence-corrected chi connectivity index (χ3v) is 3.12. The second-order valence-corrected chi connectivity index (χ2v) is 6.03. The number of rotatable bonds is 7. The molecule has 0 radical (unpaired) electrons. The highest BCUT2D eigenvalue weighted by Gasteiger charge is 2.30. The molecule has 19 heavy (non-hydrogen) atoms. The van der Waals surface area contributed by atoms with E-state index in [1.807, 2.05) is 46.7 Å². The van der Waals surface area contributed by atoms with Gasteiger partial charge in [0, 0.05) is 0 Å². The van der Waals surface area contributed by atoms with Crippen LogP contribution in [0.5, 0.6) is 0 Å². The quantitative estimate of drug-likeness (QED) is 0.717. The van der Waals surface area contributed by atoms with E-state index in [1.54, 1.807) is 6.92 Å². The van der Waals surface area contributed by atoms with Crippen LogP contribution in [0, 0.1) is 11.8 Å². The highest BCUT2D eigenvalue weighted by atomic mass is 16.2. The fourth-order valence-electron chi connectivity index (χ4n) is 2.17. The van der Waals surface area contributed by atoms with Crippen LogP contribution in [0.25, 0.3) is 0 Å². The van der Waals surface area contributed by atoms with E-state index in [-0.39, 0.29) is 29.6 Å². The van der Waals surface area contributed by atoms with Gasteiger partial charge in [0.25, 0.3) is 0 Å². The Labute approximate surface area is 117 Å². The molecule has 0 aromatic rings. The van der Waals surface area contributed by atoms with Crippen LogP contribution < -0.4 is 5.32 Å². The first-order valence-electron chi connectivity index (χ1n) is 6.76. The maximum atomic E-state index is 12.3. The van der Waals surface area contributed by atoms with Gasteiger partial charge in [-0.3, -0.25) is 14.5 Å². The lowest BCUT2D eigenvalue weighted by molar-refractivity contribution is -0.131. The van der Waals surface area contributed by atoms with Crippen LogP contribution in [0.1, 0.15) is 34.6 Å². The minimum Gasteiger partial charge on any atom is -0.344 e. The molecule has 2 unspecified atom stereocenters. The monoisotopic (exact) mass is 268 g/mol. The normalized spacial score (nSPS) is 14.6. The smallest absolute Gasteiger partial charge is 0.238 e. The lowest BCUT2D eigenvalue weighted by Gasteiger charge is -2.30. The molecule has 4 heteroatoms. The molecule has 0 fully saturated rings. The molecule has 0 aliphatic rings. The van der Waals surface area contributed by atoms with E-state index < -0.39 is 6.04 Å². The maximum Gasteiger partial charge on any atom is 0.238 e. The van der Waals surface area contributed by atoms with Crippen LogP contribution in [0.2, 0.25) is 0 Å². The van der Waals surface area contributed by atoms with E-state index in [0.29, 0.717) is 5.57 Å². The van der Waals surface area contributed by atoms with Crippen molar-refractivity contribution in [3.8, 4) is 0 Å². The fraction of sp³-hybridized carbons (Fsp3) is 0.733. The number of likely N-dealkylation sites (N-methyl/N-ethyl adjacent to an activating group) is 1. The summed E-state index contributed by atoms with van der Waals surface area (Å²) in [4.78, 5) is 26.3. The largest absolute Gasteiger partial charge is 0.344 e. The van der Waals surface area contributed by atoms with Crippen LogP contribution in [0.4, 0.5) is 0 Å². The number of nitrogens with one attached hydrogen (secondary N) is 1. The Bertz CT molecular complexity index is 338. The number of hydrogen-bond acceptors (Lipinski definition) is 3. The topological polar surface area (TPSA) is 49.4 Å². The summed E-state index contributed by atoms with van der Waals surface area (Å²) >= 11 is 0. The summed E-state index contributed by atoms with van der Waals surface area (Å²) in [6.07, 6.45) is 0. The van der Waals surface area contributed by atoms with Crippen molar-refractivity contribution in [2.45, 2.75) is 46.7 Å². The minimum absolute atomic E-state index is 0.0446. The Kier molecular flexibility index (Phi) is 6.98. The molecule has 110 valence electrons. The van der Waals surface area contributed by atoms with Crippen LogP contribution in [-0.2, 0) is 9.59 Å². The number of amides is 1. The van der Waals surface area contributed by atoms with E-state index in [4.69, 9.17) is 0 Å². The van der Waals surface area contributed by atoms with Gasteiger partial charge in [-0.1, -0.05) is 34.3 Å². The molecule has 0 saturated carbocycles. The second-order valence-electron chi connectivity index (χ2n) is 6.03. The summed E-state index contributed by atoms with van der Waals surface area (Å²) in [5.74, 6) is 0.0313. The average molecular weight is 268 g/mol. The number of carbonyl (C=O) groups is 2. The molecule has 1 N–H and O–H groups in total. The van der Waals surface area contributed by atoms with Gasteiger partial charge in [-0.05, 0) is 38.4 Å². The summed E-state index contributed by atoms with van der Waals surface area (Å²) in [6, 6.07) is -0.731. The molecule has 0 aromatic heterocycles. The van der Waals surface area contributed by atoms with Crippen LogP contribution in [-0.4, -0.2) is 42.8 Å². The predicted molar refractivity (Wildman–Crippen MR) is 78.9 cm³/mol. The Hall–Kier alpha value is -1.16. The number of nitrogens with zero attached hydrogens (tertiary/aromatic N) is 1. The van der Waals surface area contributed by atoms with Gasteiger partial charge in [-0.2, -0.15) is 0 Å². The summed E-state index contributed by atoms with van der Waals surface area (Å²) < 4.78 is 0. The molecular formula is C15H28N2O2. The van der Waals surface area contributed by atoms with Gasteiger partial charge in [0.2, 0.25) is 5.91 Å². The van der Waals surface area contributed by atoms with Crippen molar-refractivity contribution in [3.05, 3.63) is 12.2 Å². The second kappa shape index (κ2) is 7.43. The van der Waals surface area contributed by atoms with Gasteiger partial charge in [-0.15, -0.1) is 0 Å². The van der Waals surface area contributed by atoms with E-state index in [2.05, 4.69) is 11.9 Å². The molecule has 0 heterocycles. The van der Waals surface area contributed by atoms with E-state index in [1.165, 1.54) is 0 Å². The molecule has 0 aliphatic carbocycles. The number of carbonyl (C=O) groups excluding carboxylic acids is 2. The Morgan fingerprint density at radius 1 is 1.05 bits per heavy atom. The fourth-order valence-corrected chi connectivity index (χ4v) is 2.17. The lowest BCUT2D eigenvalue weighted by Crippen LogP contribution is -2.53. The van der Waals surface area contributed by atoms with Gasteiger partial charge in [0.15, 0.2) is 5.78 Å². The van der Waals surface area contributed by atoms with Crippen molar-refractivity contribution < 1.29 is 9.59 Å². The molecule has 2 atom stereocenters. The first kappa shape index (κ1) is 17.8. The number of ketones is 1. The Balaban J connectivity index is 5.00. The first-order valence-corrected chi connectivity index (χ1v) is 6.76. The van der Waals surface area contributed by atoms with Gasteiger partial charge in [0.05, 0.1) is 12.1 Å². The van der Waals surface area contributed by atoms with Crippen molar-refractivity contribution in [1.82, 2.24) is 10.2 Å². The van der Waals surface area contributed by atoms with Gasteiger partial charge >= 0.3 is 0 Å². The highest BCUT2D eigenvalue weighted by Crippen LogP contribution is 2.12. The summed E-state index contributed by atoms with van der Waals surface area (Å²) in [5, 5.41) is 2.87. The molecule has 0 saturated heterocycles. The van der Waals surface area contributed by atoms with Crippen molar-refractivity contribution >= 4 is 11.7 Å². The van der Waals surface area contributed by atoms with Crippen molar-refractivity contribution in [3.63, 3.8) is 0 Å². The molecule has 0 bridgehead atoms. The van der Waals surface area contributed by atoms with Crippen molar-refractivity contribution in [2.24, 2.45) is 11.8 Å². The lowest BCUT2D eigenvalue weighted by atomic mass is 9.94. The predicted octanol–water partition coefficient (Wildman–Crippen LogP) is 1.86. The summed E-state index contributed by atoms with van der Waals surface area (Å²) in [5.41, 5.74) is 0.477. The minimum atomic E-state index is -0.494. The molecule has 0 spiro atoms. The zero-order valence-electron chi connectivity index (χ0n) is 13.3. The zero-order valence-corrected chi connectivity index (χ0v) is 13.3. The van der Waals surface area contributed by atoms with Crippen LogP contribution in [0.15, 0.2) is 12.2 Å². The molecule has 0 aliphatic heterocycles. The molecule has 0 aromatic carbocycles. The summed E-state index contributed by atoms with van der Waals surface area (Å²) in [6.45, 7) is 13.2. The third-order valence-electron chi connectivity index (χ3n) is 3.12. The Morgan fingerprint density at radius 2 is 1.53 bits per heavy atom. The van der Waals surface area contributed by atoms with Crippen molar-refractivity contribution in [1.29, 1.82) is 0 Å².